The van der Waals surface area contributed by atoms with Crippen molar-refractivity contribution in [3.05, 3.63) is 34.3 Å². The number of rotatable bonds is 5. The van der Waals surface area contributed by atoms with Crippen LogP contribution in [-0.2, 0) is 16.0 Å². The summed E-state index contributed by atoms with van der Waals surface area (Å²) in [4.78, 5) is 22.3. The molecule has 2 N–H and O–H groups in total. The van der Waals surface area contributed by atoms with Gasteiger partial charge in [-0.3, -0.25) is 9.59 Å². The summed E-state index contributed by atoms with van der Waals surface area (Å²) < 4.78 is 1.01. The van der Waals surface area contributed by atoms with E-state index in [1.165, 1.54) is 0 Å². The first-order chi connectivity index (χ1) is 9.04. The van der Waals surface area contributed by atoms with Crippen molar-refractivity contribution in [3.63, 3.8) is 0 Å². The van der Waals surface area contributed by atoms with Gasteiger partial charge in [0.1, 0.15) is 0 Å². The number of carboxylic acid groups (broad SMARTS) is 1. The highest BCUT2D eigenvalue weighted by atomic mass is 79.9. The zero-order chi connectivity index (χ0) is 13.8. The number of hydrogen-bond acceptors (Lipinski definition) is 2. The van der Waals surface area contributed by atoms with Crippen molar-refractivity contribution in [2.24, 2.45) is 5.92 Å². The molecule has 0 unspecified atom stereocenters. The third-order valence-electron chi connectivity index (χ3n) is 3.38. The minimum absolute atomic E-state index is 0.00573. The van der Waals surface area contributed by atoms with Crippen molar-refractivity contribution >= 4 is 27.8 Å². The minimum atomic E-state index is -0.764. The number of aryl methyl sites for hydroxylation is 1. The Labute approximate surface area is 120 Å². The van der Waals surface area contributed by atoms with Crippen molar-refractivity contribution < 1.29 is 14.7 Å². The molecule has 1 amide bonds. The van der Waals surface area contributed by atoms with Gasteiger partial charge in [0.25, 0.3) is 0 Å². The molecule has 1 aromatic carbocycles. The normalized spacial score (nSPS) is 21.5. The molecule has 19 heavy (non-hydrogen) atoms. The predicted octanol–water partition coefficient (Wildman–Crippen LogP) is 2.36. The van der Waals surface area contributed by atoms with Crippen LogP contribution < -0.4 is 5.32 Å². The lowest BCUT2D eigenvalue weighted by Crippen LogP contribution is -2.46. The molecule has 1 aliphatic carbocycles. The number of carbonyl (C=O) groups excluding carboxylic acids is 1. The summed E-state index contributed by atoms with van der Waals surface area (Å²) >= 11 is 3.39. The molecule has 4 nitrogen and oxygen atoms in total. The van der Waals surface area contributed by atoms with E-state index in [1.807, 2.05) is 24.3 Å². The molecule has 1 fully saturated rings. The lowest BCUT2D eigenvalue weighted by Gasteiger charge is -2.32. The van der Waals surface area contributed by atoms with Crippen LogP contribution >= 0.6 is 15.9 Å². The number of carbonyl (C=O) groups is 2. The van der Waals surface area contributed by atoms with E-state index < -0.39 is 5.97 Å². The summed E-state index contributed by atoms with van der Waals surface area (Å²) in [5, 5.41) is 11.6. The van der Waals surface area contributed by atoms with Gasteiger partial charge < -0.3 is 10.4 Å². The summed E-state index contributed by atoms with van der Waals surface area (Å²) in [6, 6.07) is 7.92. The molecule has 0 aliphatic heterocycles. The summed E-state index contributed by atoms with van der Waals surface area (Å²) in [5.74, 6) is -1.05. The lowest BCUT2D eigenvalue weighted by atomic mass is 9.80. The van der Waals surface area contributed by atoms with Gasteiger partial charge in [-0.15, -0.1) is 0 Å². The zero-order valence-electron chi connectivity index (χ0n) is 10.4. The SMILES string of the molecule is O=C(CCc1cccc(Br)c1)NC1CC(C(=O)O)C1. The lowest BCUT2D eigenvalue weighted by molar-refractivity contribution is -0.146. The smallest absolute Gasteiger partial charge is 0.306 e. The van der Waals surface area contributed by atoms with Crippen molar-refractivity contribution in [2.75, 3.05) is 0 Å². The van der Waals surface area contributed by atoms with Crippen LogP contribution in [0.5, 0.6) is 0 Å². The van der Waals surface area contributed by atoms with E-state index in [9.17, 15) is 9.59 Å². The largest absolute Gasteiger partial charge is 0.481 e. The van der Waals surface area contributed by atoms with Crippen LogP contribution in [0, 0.1) is 5.92 Å². The highest BCUT2D eigenvalue weighted by Gasteiger charge is 2.34. The van der Waals surface area contributed by atoms with E-state index >= 15 is 0 Å². The van der Waals surface area contributed by atoms with E-state index in [2.05, 4.69) is 21.2 Å². The molecule has 1 saturated carbocycles. The fourth-order valence-electron chi connectivity index (χ4n) is 2.19. The average Bonchev–Trinajstić information content (AvgIpc) is 2.30. The van der Waals surface area contributed by atoms with Gasteiger partial charge in [-0.1, -0.05) is 28.1 Å². The second-order valence-electron chi connectivity index (χ2n) is 4.90. The fraction of sp³-hybridized carbons (Fsp3) is 0.429. The minimum Gasteiger partial charge on any atom is -0.481 e. The van der Waals surface area contributed by atoms with E-state index in [-0.39, 0.29) is 17.9 Å². The van der Waals surface area contributed by atoms with Crippen molar-refractivity contribution in [2.45, 2.75) is 31.7 Å². The standard InChI is InChI=1S/C14H16BrNO3/c15-11-3-1-2-9(6-11)4-5-13(17)16-12-7-10(8-12)14(18)19/h1-3,6,10,12H,4-5,7-8H2,(H,16,17)(H,18,19). The van der Waals surface area contributed by atoms with E-state index in [0.29, 0.717) is 25.7 Å². The molecule has 2 rings (SSSR count). The van der Waals surface area contributed by atoms with Gasteiger partial charge in [-0.25, -0.2) is 0 Å². The van der Waals surface area contributed by atoms with Crippen LogP contribution in [0.2, 0.25) is 0 Å². The maximum absolute atomic E-state index is 11.7. The Bertz CT molecular complexity index is 483. The number of aliphatic carboxylic acids is 1. The molecular formula is C14H16BrNO3. The van der Waals surface area contributed by atoms with Gasteiger partial charge in [-0.2, -0.15) is 0 Å². The van der Waals surface area contributed by atoms with Crippen LogP contribution in [0.25, 0.3) is 0 Å². The monoisotopic (exact) mass is 325 g/mol. The highest BCUT2D eigenvalue weighted by molar-refractivity contribution is 9.10. The summed E-state index contributed by atoms with van der Waals surface area (Å²) in [7, 11) is 0. The Balaban J connectivity index is 1.70. The molecule has 1 aromatic rings. The number of nitrogens with one attached hydrogen (secondary N) is 1. The third kappa shape index (κ3) is 4.06. The second kappa shape index (κ2) is 6.19. The number of carboxylic acids is 1. The number of hydrogen-bond donors (Lipinski definition) is 2. The predicted molar refractivity (Wildman–Crippen MR) is 74.8 cm³/mol. The van der Waals surface area contributed by atoms with Gasteiger partial charge in [0, 0.05) is 16.9 Å². The molecule has 0 heterocycles. The van der Waals surface area contributed by atoms with Crippen molar-refractivity contribution in [1.82, 2.24) is 5.32 Å². The van der Waals surface area contributed by atoms with E-state index in [4.69, 9.17) is 5.11 Å². The molecule has 0 saturated heterocycles. The topological polar surface area (TPSA) is 66.4 Å². The number of benzene rings is 1. The van der Waals surface area contributed by atoms with Crippen LogP contribution in [0.3, 0.4) is 0 Å². The molecule has 0 atom stereocenters. The van der Waals surface area contributed by atoms with Gasteiger partial charge in [0.2, 0.25) is 5.91 Å². The number of amides is 1. The third-order valence-corrected chi connectivity index (χ3v) is 3.88. The first-order valence-electron chi connectivity index (χ1n) is 6.31. The second-order valence-corrected chi connectivity index (χ2v) is 5.82. The van der Waals surface area contributed by atoms with Crippen LogP contribution in [-0.4, -0.2) is 23.0 Å². The van der Waals surface area contributed by atoms with Gasteiger partial charge >= 0.3 is 5.97 Å². The molecule has 102 valence electrons. The first kappa shape index (κ1) is 14.1. The molecular weight excluding hydrogens is 310 g/mol. The maximum atomic E-state index is 11.7. The van der Waals surface area contributed by atoms with Gasteiger partial charge in [0.15, 0.2) is 0 Å². The van der Waals surface area contributed by atoms with Crippen molar-refractivity contribution in [3.8, 4) is 0 Å². The molecule has 0 spiro atoms. The van der Waals surface area contributed by atoms with E-state index in [1.54, 1.807) is 0 Å². The molecule has 5 heteroatoms. The molecule has 1 aliphatic rings. The Morgan fingerprint density at radius 1 is 1.37 bits per heavy atom. The Morgan fingerprint density at radius 3 is 2.74 bits per heavy atom. The van der Waals surface area contributed by atoms with Gasteiger partial charge in [-0.05, 0) is 37.0 Å². The first-order valence-corrected chi connectivity index (χ1v) is 7.10. The van der Waals surface area contributed by atoms with Crippen LogP contribution in [0.1, 0.15) is 24.8 Å². The summed E-state index contributed by atoms with van der Waals surface area (Å²) in [6.45, 7) is 0. The quantitative estimate of drug-likeness (QED) is 0.873. The summed E-state index contributed by atoms with van der Waals surface area (Å²) in [5.41, 5.74) is 1.11. The molecule has 0 aromatic heterocycles. The van der Waals surface area contributed by atoms with Crippen LogP contribution in [0.4, 0.5) is 0 Å². The maximum Gasteiger partial charge on any atom is 0.306 e. The van der Waals surface area contributed by atoms with Crippen molar-refractivity contribution in [1.29, 1.82) is 0 Å². The van der Waals surface area contributed by atoms with E-state index in [0.717, 1.165) is 10.0 Å². The van der Waals surface area contributed by atoms with Crippen LogP contribution in [0.15, 0.2) is 28.7 Å². The average molecular weight is 326 g/mol. The Morgan fingerprint density at radius 2 is 2.11 bits per heavy atom. The summed E-state index contributed by atoms with van der Waals surface area (Å²) in [6.07, 6.45) is 2.24. The highest BCUT2D eigenvalue weighted by Crippen LogP contribution is 2.27. The fourth-order valence-corrected chi connectivity index (χ4v) is 2.63. The van der Waals surface area contributed by atoms with Gasteiger partial charge in [0.05, 0.1) is 5.92 Å². The molecule has 0 radical (unpaired) electrons. The molecule has 0 bridgehead atoms. The Kier molecular flexibility index (Phi) is 4.58. The zero-order valence-corrected chi connectivity index (χ0v) is 12.0. The number of halogens is 1. The Hall–Kier alpha value is -1.36.